The molecule has 0 unspecified atom stereocenters. The highest BCUT2D eigenvalue weighted by Gasteiger charge is 2.39. The number of carbonyl (C=O) groups is 3. The van der Waals surface area contributed by atoms with Crippen molar-refractivity contribution in [1.82, 2.24) is 5.01 Å². The number of aryl methyl sites for hydroxylation is 1. The zero-order valence-electron chi connectivity index (χ0n) is 20.3. The van der Waals surface area contributed by atoms with Crippen molar-refractivity contribution in [2.75, 3.05) is 5.32 Å². The minimum absolute atomic E-state index is 0.102. The molecule has 0 radical (unpaired) electrons. The summed E-state index contributed by atoms with van der Waals surface area (Å²) in [6, 6.07) is 19.7. The van der Waals surface area contributed by atoms with E-state index in [1.54, 1.807) is 17.1 Å². The number of benzene rings is 3. The molecule has 2 heterocycles. The highest BCUT2D eigenvalue weighted by atomic mass is 32.2. The van der Waals surface area contributed by atoms with Crippen LogP contribution in [0, 0.1) is 12.7 Å². The van der Waals surface area contributed by atoms with E-state index in [2.05, 4.69) is 10.3 Å². The number of hydrazone groups is 1. The molecule has 0 saturated heterocycles. The van der Waals surface area contributed by atoms with Crippen LogP contribution in [0.5, 0.6) is 0 Å². The van der Waals surface area contributed by atoms with E-state index in [-0.39, 0.29) is 29.8 Å². The van der Waals surface area contributed by atoms with Crippen LogP contribution in [0.1, 0.15) is 45.9 Å². The number of aliphatic imine (C=N–C) groups is 1. The Bertz CT molecular complexity index is 1450. The number of amides is 2. The number of carboxylic acids is 1. The molecule has 5 rings (SSSR count). The molecule has 3 aromatic carbocycles. The summed E-state index contributed by atoms with van der Waals surface area (Å²) in [5.41, 5.74) is 4.19. The first kappa shape index (κ1) is 25.3. The summed E-state index contributed by atoms with van der Waals surface area (Å²) < 4.78 is 13.5. The van der Waals surface area contributed by atoms with Crippen molar-refractivity contribution in [3.8, 4) is 0 Å². The summed E-state index contributed by atoms with van der Waals surface area (Å²) in [5.74, 6) is -2.20. The molecule has 0 fully saturated rings. The first-order valence-electron chi connectivity index (χ1n) is 11.9. The van der Waals surface area contributed by atoms with Crippen molar-refractivity contribution >= 4 is 46.1 Å². The second-order valence-corrected chi connectivity index (χ2v) is 10.2. The van der Waals surface area contributed by atoms with Crippen molar-refractivity contribution in [3.05, 3.63) is 101 Å². The molecule has 3 aromatic rings. The molecule has 2 amide bonds. The van der Waals surface area contributed by atoms with Gasteiger partial charge in [0, 0.05) is 18.5 Å². The minimum atomic E-state index is -1.06. The maximum absolute atomic E-state index is 13.5. The summed E-state index contributed by atoms with van der Waals surface area (Å²) in [7, 11) is 0. The van der Waals surface area contributed by atoms with Crippen molar-refractivity contribution in [3.63, 3.8) is 0 Å². The van der Waals surface area contributed by atoms with Gasteiger partial charge >= 0.3 is 5.97 Å². The van der Waals surface area contributed by atoms with Crippen molar-refractivity contribution in [1.29, 1.82) is 0 Å². The molecular weight excluding hydrogens is 507 g/mol. The fraction of sp³-hybridized carbons (Fsp3) is 0.179. The number of carboxylic acid groups (broad SMARTS) is 1. The minimum Gasteiger partial charge on any atom is -0.478 e. The fourth-order valence-corrected chi connectivity index (χ4v) is 5.29. The summed E-state index contributed by atoms with van der Waals surface area (Å²) in [5, 5.41) is 17.9. The van der Waals surface area contributed by atoms with Crippen LogP contribution in [0.25, 0.3) is 0 Å². The number of amidine groups is 1. The molecule has 2 aliphatic rings. The lowest BCUT2D eigenvalue weighted by molar-refractivity contribution is -0.121. The van der Waals surface area contributed by atoms with Gasteiger partial charge in [-0.05, 0) is 54.4 Å². The van der Waals surface area contributed by atoms with Crippen molar-refractivity contribution in [2.45, 2.75) is 31.1 Å². The molecule has 0 bridgehead atoms. The second kappa shape index (κ2) is 10.6. The topological polar surface area (TPSA) is 111 Å². The lowest BCUT2D eigenvalue weighted by atomic mass is 9.98. The van der Waals surface area contributed by atoms with Gasteiger partial charge in [-0.25, -0.2) is 14.2 Å². The number of anilines is 1. The van der Waals surface area contributed by atoms with E-state index >= 15 is 0 Å². The number of rotatable bonds is 6. The van der Waals surface area contributed by atoms with Crippen LogP contribution in [-0.4, -0.2) is 44.0 Å². The van der Waals surface area contributed by atoms with Gasteiger partial charge in [0.2, 0.25) is 5.91 Å². The van der Waals surface area contributed by atoms with Crippen LogP contribution < -0.4 is 5.32 Å². The number of hydrogen-bond donors (Lipinski definition) is 2. The van der Waals surface area contributed by atoms with E-state index in [1.807, 2.05) is 31.2 Å². The predicted molar refractivity (Wildman–Crippen MR) is 144 cm³/mol. The SMILES string of the molecule is Cc1ccc([C@@H]2CC(c3ccc(F)cc3)=NN2C2=NC(=O)[C@H](CC(=O)Nc3ccc(C(=O)O)cc3)S2)cc1. The van der Waals surface area contributed by atoms with Crippen molar-refractivity contribution in [2.24, 2.45) is 10.1 Å². The Labute approximate surface area is 222 Å². The molecule has 0 aliphatic carbocycles. The molecule has 38 heavy (non-hydrogen) atoms. The zero-order valence-corrected chi connectivity index (χ0v) is 21.1. The first-order valence-corrected chi connectivity index (χ1v) is 12.8. The zero-order chi connectivity index (χ0) is 26.8. The molecule has 10 heteroatoms. The van der Waals surface area contributed by atoms with Gasteiger partial charge in [-0.1, -0.05) is 53.7 Å². The highest BCUT2D eigenvalue weighted by Crippen LogP contribution is 2.38. The van der Waals surface area contributed by atoms with Gasteiger partial charge in [0.25, 0.3) is 5.91 Å². The van der Waals surface area contributed by atoms with Gasteiger partial charge in [0.05, 0.1) is 17.3 Å². The van der Waals surface area contributed by atoms with Gasteiger partial charge < -0.3 is 10.4 Å². The number of halogens is 1. The maximum Gasteiger partial charge on any atom is 0.335 e. The van der Waals surface area contributed by atoms with Gasteiger partial charge in [0.15, 0.2) is 5.17 Å². The Morgan fingerprint density at radius 3 is 2.39 bits per heavy atom. The lowest BCUT2D eigenvalue weighted by Crippen LogP contribution is -2.25. The van der Waals surface area contributed by atoms with E-state index < -0.39 is 17.1 Å². The van der Waals surface area contributed by atoms with Gasteiger partial charge in [0.1, 0.15) is 11.1 Å². The third-order valence-corrected chi connectivity index (χ3v) is 7.40. The third kappa shape index (κ3) is 5.50. The molecule has 8 nitrogen and oxygen atoms in total. The van der Waals surface area contributed by atoms with Gasteiger partial charge in [-0.2, -0.15) is 10.1 Å². The largest absolute Gasteiger partial charge is 0.478 e. The Balaban J connectivity index is 1.32. The Hall–Kier alpha value is -4.31. The summed E-state index contributed by atoms with van der Waals surface area (Å²) in [6.45, 7) is 2.00. The van der Waals surface area contributed by atoms with E-state index in [9.17, 15) is 18.8 Å². The van der Waals surface area contributed by atoms with E-state index in [4.69, 9.17) is 10.2 Å². The number of nitrogens with zero attached hydrogens (tertiary/aromatic N) is 3. The predicted octanol–water partition coefficient (Wildman–Crippen LogP) is 5.01. The maximum atomic E-state index is 13.5. The number of hydrogen-bond acceptors (Lipinski definition) is 6. The average molecular weight is 531 g/mol. The van der Waals surface area contributed by atoms with Crippen LogP contribution in [0.2, 0.25) is 0 Å². The summed E-state index contributed by atoms with van der Waals surface area (Å²) in [6.07, 6.45) is 0.439. The average Bonchev–Trinajstić information content (AvgIpc) is 3.49. The lowest BCUT2D eigenvalue weighted by Gasteiger charge is -2.23. The highest BCUT2D eigenvalue weighted by molar-refractivity contribution is 8.15. The molecule has 0 aromatic heterocycles. The van der Waals surface area contributed by atoms with E-state index in [0.717, 1.165) is 22.4 Å². The van der Waals surface area contributed by atoms with E-state index in [1.165, 1.54) is 48.2 Å². The molecule has 0 spiro atoms. The number of carbonyl (C=O) groups excluding carboxylic acids is 2. The standard InChI is InChI=1S/C28H23FN4O4S/c1-16-2-4-18(5-3-16)23-14-22(17-6-10-20(29)11-7-17)32-33(23)28-31-26(35)24(38-28)15-25(34)30-21-12-8-19(9-13-21)27(36)37/h2-13,23-24H,14-15H2,1H3,(H,30,34)(H,36,37)/t23-,24-/m0/s1. The number of nitrogens with one attached hydrogen (secondary N) is 1. The van der Waals surface area contributed by atoms with Crippen LogP contribution in [-0.2, 0) is 9.59 Å². The van der Waals surface area contributed by atoms with Gasteiger partial charge in [-0.15, -0.1) is 0 Å². The Morgan fingerprint density at radius 1 is 1.05 bits per heavy atom. The van der Waals surface area contributed by atoms with Gasteiger partial charge in [-0.3, -0.25) is 9.59 Å². The molecule has 192 valence electrons. The number of thioether (sulfide) groups is 1. The normalized spacial score (nSPS) is 18.8. The van der Waals surface area contributed by atoms with Crippen molar-refractivity contribution < 1.29 is 23.9 Å². The second-order valence-electron chi connectivity index (χ2n) is 9.00. The molecule has 2 aliphatic heterocycles. The quantitative estimate of drug-likeness (QED) is 0.464. The molecular formula is C28H23FN4O4S. The molecule has 0 saturated carbocycles. The molecule has 2 atom stereocenters. The van der Waals surface area contributed by atoms with Crippen LogP contribution >= 0.6 is 11.8 Å². The Kier molecular flexibility index (Phi) is 7.06. The number of aromatic carboxylic acids is 1. The van der Waals surface area contributed by atoms with Crippen LogP contribution in [0.3, 0.4) is 0 Å². The molecule has 2 N–H and O–H groups in total. The van der Waals surface area contributed by atoms with E-state index in [0.29, 0.717) is 17.3 Å². The van der Waals surface area contributed by atoms with Crippen LogP contribution in [0.4, 0.5) is 10.1 Å². The summed E-state index contributed by atoms with van der Waals surface area (Å²) >= 11 is 1.18. The Morgan fingerprint density at radius 2 is 1.74 bits per heavy atom. The third-order valence-electron chi connectivity index (χ3n) is 6.26. The van der Waals surface area contributed by atoms with Crippen LogP contribution in [0.15, 0.2) is 82.9 Å². The smallest absolute Gasteiger partial charge is 0.335 e. The summed E-state index contributed by atoms with van der Waals surface area (Å²) in [4.78, 5) is 40.6. The first-order chi connectivity index (χ1) is 18.3. The monoisotopic (exact) mass is 530 g/mol. The fourth-order valence-electron chi connectivity index (χ4n) is 4.23.